The van der Waals surface area contributed by atoms with Crippen molar-refractivity contribution in [3.05, 3.63) is 89.1 Å². The normalized spacial score (nSPS) is 17.2. The quantitative estimate of drug-likeness (QED) is 0.591. The van der Waals surface area contributed by atoms with E-state index in [-0.39, 0.29) is 24.7 Å². The average molecular weight is 433 g/mol. The van der Waals surface area contributed by atoms with Gasteiger partial charge in [-0.2, -0.15) is 0 Å². The van der Waals surface area contributed by atoms with Gasteiger partial charge in [-0.3, -0.25) is 9.59 Å². The van der Waals surface area contributed by atoms with Crippen molar-refractivity contribution >= 4 is 11.7 Å². The maximum Gasteiger partial charge on any atom is 0.290 e. The van der Waals surface area contributed by atoms with Crippen molar-refractivity contribution in [2.75, 3.05) is 13.9 Å². The second-order valence-electron chi connectivity index (χ2n) is 7.37. The minimum Gasteiger partial charge on any atom is -0.503 e. The van der Waals surface area contributed by atoms with Crippen LogP contribution >= 0.6 is 0 Å². The van der Waals surface area contributed by atoms with Crippen LogP contribution in [0.25, 0.3) is 0 Å². The molecule has 0 fully saturated rings. The minimum absolute atomic E-state index is 0.0391. The topological polar surface area (TPSA) is 98.4 Å². The van der Waals surface area contributed by atoms with Gasteiger partial charge in [-0.1, -0.05) is 18.2 Å². The molecule has 1 atom stereocenters. The summed E-state index contributed by atoms with van der Waals surface area (Å²) in [5.41, 5.74) is 1.34. The van der Waals surface area contributed by atoms with Crippen molar-refractivity contribution < 1.29 is 33.3 Å². The van der Waals surface area contributed by atoms with Crippen LogP contribution in [0.1, 0.15) is 27.7 Å². The highest BCUT2D eigenvalue weighted by Crippen LogP contribution is 2.41. The number of nitrogens with zero attached hydrogens (tertiary/aromatic N) is 1. The van der Waals surface area contributed by atoms with E-state index >= 15 is 0 Å². The van der Waals surface area contributed by atoms with Gasteiger partial charge in [0.2, 0.25) is 12.6 Å². The fourth-order valence-electron chi connectivity index (χ4n) is 3.98. The van der Waals surface area contributed by atoms with E-state index in [1.54, 1.807) is 42.5 Å². The van der Waals surface area contributed by atoms with Crippen molar-refractivity contribution in [2.24, 2.45) is 0 Å². The summed E-state index contributed by atoms with van der Waals surface area (Å²) in [5, 5.41) is 10.7. The minimum atomic E-state index is -0.833. The van der Waals surface area contributed by atoms with Gasteiger partial charge in [0.25, 0.3) is 5.91 Å². The summed E-state index contributed by atoms with van der Waals surface area (Å²) in [5.74, 6) is 0.00944. The Kier molecular flexibility index (Phi) is 4.82. The zero-order chi connectivity index (χ0) is 22.2. The molecule has 1 N–H and O–H groups in total. The van der Waals surface area contributed by atoms with Crippen LogP contribution < -0.4 is 14.2 Å². The molecule has 32 heavy (non-hydrogen) atoms. The number of aliphatic hydroxyl groups excluding tert-OH is 1. The van der Waals surface area contributed by atoms with Crippen molar-refractivity contribution in [3.8, 4) is 17.2 Å². The van der Waals surface area contributed by atoms with Gasteiger partial charge in [0.05, 0.1) is 25.0 Å². The highest BCUT2D eigenvalue weighted by molar-refractivity contribution is 6.15. The smallest absolute Gasteiger partial charge is 0.290 e. The number of furan rings is 1. The number of methoxy groups -OCH3 is 1. The Bertz CT molecular complexity index is 1230. The first-order chi connectivity index (χ1) is 15.6. The molecular formula is C24H19NO7. The fourth-order valence-corrected chi connectivity index (χ4v) is 3.98. The first-order valence-corrected chi connectivity index (χ1v) is 9.91. The van der Waals surface area contributed by atoms with E-state index in [1.807, 2.05) is 6.07 Å². The molecule has 8 heteroatoms. The van der Waals surface area contributed by atoms with Crippen molar-refractivity contribution in [3.63, 3.8) is 0 Å². The van der Waals surface area contributed by atoms with Crippen LogP contribution in [-0.4, -0.2) is 35.6 Å². The number of rotatable bonds is 6. The molecular weight excluding hydrogens is 414 g/mol. The van der Waals surface area contributed by atoms with Crippen LogP contribution in [-0.2, 0) is 11.3 Å². The van der Waals surface area contributed by atoms with Crippen LogP contribution in [0.3, 0.4) is 0 Å². The predicted molar refractivity (Wildman–Crippen MR) is 112 cm³/mol. The number of benzene rings is 2. The highest BCUT2D eigenvalue weighted by atomic mass is 16.7. The predicted octanol–water partition coefficient (Wildman–Crippen LogP) is 3.80. The van der Waals surface area contributed by atoms with Crippen LogP contribution in [0.5, 0.6) is 17.2 Å². The largest absolute Gasteiger partial charge is 0.503 e. The number of aliphatic hydroxyl groups is 1. The Morgan fingerprint density at radius 2 is 1.97 bits per heavy atom. The summed E-state index contributed by atoms with van der Waals surface area (Å²) < 4.78 is 21.3. The van der Waals surface area contributed by atoms with Gasteiger partial charge in [-0.15, -0.1) is 0 Å². The number of fused-ring (bicyclic) bond motifs is 1. The lowest BCUT2D eigenvalue weighted by Gasteiger charge is -2.27. The van der Waals surface area contributed by atoms with Gasteiger partial charge in [0.15, 0.2) is 23.0 Å². The zero-order valence-corrected chi connectivity index (χ0v) is 17.1. The Balaban J connectivity index is 1.57. The molecule has 3 heterocycles. The number of hydrogen-bond donors (Lipinski definition) is 1. The Labute approximate surface area is 183 Å². The number of Topliss-reactive ketones (excluding diaryl/α,β-unsaturated/α-hetero) is 1. The number of ether oxygens (including phenoxy) is 3. The molecule has 3 aromatic rings. The summed E-state index contributed by atoms with van der Waals surface area (Å²) in [6.07, 6.45) is 1.37. The standard InChI is InChI=1S/C24H19NO7/c1-29-16-5-2-4-15(11-16)21-20(22(26)18-6-3-9-30-18)23(27)24(28)25(21)12-14-7-8-17-19(10-14)32-13-31-17/h2-11,21,27H,12-13H2,1H3. The van der Waals surface area contributed by atoms with Gasteiger partial charge >= 0.3 is 0 Å². The number of ketones is 1. The van der Waals surface area contributed by atoms with E-state index in [0.29, 0.717) is 22.8 Å². The zero-order valence-electron chi connectivity index (χ0n) is 17.1. The molecule has 5 rings (SSSR count). The average Bonchev–Trinajstić information content (AvgIpc) is 3.55. The monoisotopic (exact) mass is 433 g/mol. The molecule has 2 aliphatic rings. The van der Waals surface area contributed by atoms with Crippen molar-refractivity contribution in [2.45, 2.75) is 12.6 Å². The van der Waals surface area contributed by atoms with E-state index in [1.165, 1.54) is 24.3 Å². The molecule has 0 radical (unpaired) electrons. The molecule has 0 bridgehead atoms. The molecule has 1 unspecified atom stereocenters. The molecule has 1 aromatic heterocycles. The third-order valence-corrected chi connectivity index (χ3v) is 5.49. The molecule has 8 nitrogen and oxygen atoms in total. The Morgan fingerprint density at radius 1 is 1.12 bits per heavy atom. The van der Waals surface area contributed by atoms with Gasteiger partial charge in [-0.05, 0) is 47.5 Å². The maximum atomic E-state index is 13.2. The van der Waals surface area contributed by atoms with E-state index in [0.717, 1.165) is 5.56 Å². The number of hydrogen-bond acceptors (Lipinski definition) is 7. The summed E-state index contributed by atoms with van der Waals surface area (Å²) in [6.45, 7) is 0.272. The van der Waals surface area contributed by atoms with Crippen LogP contribution in [0.2, 0.25) is 0 Å². The second-order valence-corrected chi connectivity index (χ2v) is 7.37. The number of carbonyl (C=O) groups is 2. The fraction of sp³-hybridized carbons (Fsp3) is 0.167. The Hall–Kier alpha value is -4.20. The summed E-state index contributed by atoms with van der Waals surface area (Å²) in [7, 11) is 1.53. The highest BCUT2D eigenvalue weighted by Gasteiger charge is 2.44. The van der Waals surface area contributed by atoms with Crippen LogP contribution in [0.4, 0.5) is 0 Å². The van der Waals surface area contributed by atoms with E-state index in [4.69, 9.17) is 18.6 Å². The van der Waals surface area contributed by atoms with Crippen molar-refractivity contribution in [1.29, 1.82) is 0 Å². The SMILES string of the molecule is COc1cccc(C2C(C(=O)c3ccco3)=C(O)C(=O)N2Cc2ccc3c(c2)OCO3)c1. The maximum absolute atomic E-state index is 13.2. The van der Waals surface area contributed by atoms with Gasteiger partial charge in [-0.25, -0.2) is 0 Å². The van der Waals surface area contributed by atoms with Crippen LogP contribution in [0, 0.1) is 0 Å². The lowest BCUT2D eigenvalue weighted by atomic mass is 9.94. The van der Waals surface area contributed by atoms with Gasteiger partial charge < -0.3 is 28.6 Å². The molecule has 162 valence electrons. The number of amides is 1. The first-order valence-electron chi connectivity index (χ1n) is 9.91. The summed E-state index contributed by atoms with van der Waals surface area (Å²) in [4.78, 5) is 27.8. The molecule has 0 saturated heterocycles. The van der Waals surface area contributed by atoms with E-state index < -0.39 is 23.5 Å². The van der Waals surface area contributed by atoms with Crippen LogP contribution in [0.15, 0.2) is 76.6 Å². The van der Waals surface area contributed by atoms with Gasteiger partial charge in [0.1, 0.15) is 5.75 Å². The van der Waals surface area contributed by atoms with Gasteiger partial charge in [0, 0.05) is 6.54 Å². The molecule has 0 spiro atoms. The molecule has 0 aliphatic carbocycles. The second kappa shape index (κ2) is 7.81. The third-order valence-electron chi connectivity index (χ3n) is 5.49. The van der Waals surface area contributed by atoms with E-state index in [2.05, 4.69) is 0 Å². The molecule has 2 aliphatic heterocycles. The first kappa shape index (κ1) is 19.7. The summed E-state index contributed by atoms with van der Waals surface area (Å²) >= 11 is 0. The lowest BCUT2D eigenvalue weighted by Crippen LogP contribution is -2.30. The lowest BCUT2D eigenvalue weighted by molar-refractivity contribution is -0.130. The molecule has 1 amide bonds. The molecule has 0 saturated carbocycles. The van der Waals surface area contributed by atoms with Crippen molar-refractivity contribution in [1.82, 2.24) is 4.90 Å². The number of carbonyl (C=O) groups excluding carboxylic acids is 2. The Morgan fingerprint density at radius 3 is 2.75 bits per heavy atom. The molecule has 2 aromatic carbocycles. The third kappa shape index (κ3) is 3.26. The summed E-state index contributed by atoms with van der Waals surface area (Å²) in [6, 6.07) is 14.6. The van der Waals surface area contributed by atoms with E-state index in [9.17, 15) is 14.7 Å².